The molecule has 138 valence electrons. The lowest BCUT2D eigenvalue weighted by molar-refractivity contribution is -0.130. The van der Waals surface area contributed by atoms with Gasteiger partial charge in [-0.25, -0.2) is 0 Å². The second-order valence-corrected chi connectivity index (χ2v) is 6.48. The van der Waals surface area contributed by atoms with Crippen LogP contribution >= 0.6 is 0 Å². The average Bonchev–Trinajstić information content (AvgIpc) is 2.72. The van der Waals surface area contributed by atoms with Crippen molar-refractivity contribution in [2.75, 3.05) is 51.3 Å². The largest absolute Gasteiger partial charge is 0.497 e. The fraction of sp³-hybridized carbons (Fsp3) is 0.381. The fourth-order valence-electron chi connectivity index (χ4n) is 3.18. The van der Waals surface area contributed by atoms with Gasteiger partial charge in [-0.05, 0) is 42.8 Å². The summed E-state index contributed by atoms with van der Waals surface area (Å²) < 4.78 is 5.16. The van der Waals surface area contributed by atoms with Crippen LogP contribution in [-0.2, 0) is 11.2 Å². The highest BCUT2D eigenvalue weighted by Crippen LogP contribution is 2.15. The van der Waals surface area contributed by atoms with Gasteiger partial charge in [0.2, 0.25) is 5.91 Å². The molecule has 1 aliphatic heterocycles. The summed E-state index contributed by atoms with van der Waals surface area (Å²) in [5, 5.41) is 3.27. The lowest BCUT2D eigenvalue weighted by Crippen LogP contribution is -2.51. The molecule has 0 radical (unpaired) electrons. The number of methoxy groups -OCH3 is 1. The maximum atomic E-state index is 12.4. The van der Waals surface area contributed by atoms with Crippen molar-refractivity contribution in [1.29, 1.82) is 0 Å². The standard InChI is InChI=1S/C21H27N3O2/c1-26-20-9-7-18(8-10-20)11-12-22-17-21(25)24-15-13-23(14-16-24)19-5-3-2-4-6-19/h2-10,22H,11-17H2,1H3. The van der Waals surface area contributed by atoms with E-state index < -0.39 is 0 Å². The van der Waals surface area contributed by atoms with E-state index in [9.17, 15) is 4.79 Å². The molecule has 2 aromatic rings. The number of benzene rings is 2. The molecule has 0 atom stereocenters. The topological polar surface area (TPSA) is 44.8 Å². The number of para-hydroxylation sites is 1. The van der Waals surface area contributed by atoms with Gasteiger partial charge in [-0.3, -0.25) is 4.79 Å². The highest BCUT2D eigenvalue weighted by Gasteiger charge is 2.20. The van der Waals surface area contributed by atoms with Gasteiger partial charge in [-0.15, -0.1) is 0 Å². The predicted octanol–water partition coefficient (Wildman–Crippen LogP) is 2.18. The summed E-state index contributed by atoms with van der Waals surface area (Å²) >= 11 is 0. The van der Waals surface area contributed by atoms with Gasteiger partial charge >= 0.3 is 0 Å². The van der Waals surface area contributed by atoms with Crippen molar-refractivity contribution in [1.82, 2.24) is 10.2 Å². The third-order valence-electron chi connectivity index (χ3n) is 4.78. The van der Waals surface area contributed by atoms with Crippen LogP contribution in [-0.4, -0.2) is 57.2 Å². The molecule has 1 fully saturated rings. The van der Waals surface area contributed by atoms with E-state index in [1.54, 1.807) is 7.11 Å². The molecule has 1 saturated heterocycles. The minimum Gasteiger partial charge on any atom is -0.497 e. The van der Waals surface area contributed by atoms with E-state index in [-0.39, 0.29) is 5.91 Å². The number of hydrogen-bond acceptors (Lipinski definition) is 4. The van der Waals surface area contributed by atoms with Gasteiger partial charge in [-0.2, -0.15) is 0 Å². The summed E-state index contributed by atoms with van der Waals surface area (Å²) in [6.07, 6.45) is 0.902. The highest BCUT2D eigenvalue weighted by atomic mass is 16.5. The van der Waals surface area contributed by atoms with Crippen molar-refractivity contribution in [2.24, 2.45) is 0 Å². The Morgan fingerprint density at radius 2 is 1.69 bits per heavy atom. The van der Waals surface area contributed by atoms with Crippen molar-refractivity contribution in [3.63, 3.8) is 0 Å². The van der Waals surface area contributed by atoms with Crippen molar-refractivity contribution < 1.29 is 9.53 Å². The SMILES string of the molecule is COc1ccc(CCNCC(=O)N2CCN(c3ccccc3)CC2)cc1. The number of carbonyl (C=O) groups is 1. The van der Waals surface area contributed by atoms with Crippen molar-refractivity contribution >= 4 is 11.6 Å². The monoisotopic (exact) mass is 353 g/mol. The third kappa shape index (κ3) is 4.99. The van der Waals surface area contributed by atoms with Gasteiger partial charge in [0.25, 0.3) is 0 Å². The molecular weight excluding hydrogens is 326 g/mol. The van der Waals surface area contributed by atoms with E-state index in [0.717, 1.165) is 44.9 Å². The maximum absolute atomic E-state index is 12.4. The first-order chi connectivity index (χ1) is 12.8. The zero-order valence-corrected chi connectivity index (χ0v) is 15.4. The fourth-order valence-corrected chi connectivity index (χ4v) is 3.18. The van der Waals surface area contributed by atoms with Crippen LogP contribution < -0.4 is 15.0 Å². The number of piperazine rings is 1. The molecule has 26 heavy (non-hydrogen) atoms. The van der Waals surface area contributed by atoms with Crippen LogP contribution in [0, 0.1) is 0 Å². The highest BCUT2D eigenvalue weighted by molar-refractivity contribution is 5.78. The first-order valence-corrected chi connectivity index (χ1v) is 9.17. The molecule has 1 heterocycles. The Bertz CT molecular complexity index is 680. The molecule has 0 saturated carbocycles. The van der Waals surface area contributed by atoms with Gasteiger partial charge in [0.05, 0.1) is 13.7 Å². The zero-order chi connectivity index (χ0) is 18.2. The number of nitrogens with zero attached hydrogens (tertiary/aromatic N) is 2. The molecule has 2 aromatic carbocycles. The molecule has 1 amide bonds. The Morgan fingerprint density at radius 1 is 1.00 bits per heavy atom. The van der Waals surface area contributed by atoms with Crippen molar-refractivity contribution in [3.8, 4) is 5.75 Å². The molecule has 0 spiro atoms. The zero-order valence-electron chi connectivity index (χ0n) is 15.4. The maximum Gasteiger partial charge on any atom is 0.236 e. The molecule has 0 aromatic heterocycles. The lowest BCUT2D eigenvalue weighted by Gasteiger charge is -2.36. The van der Waals surface area contributed by atoms with E-state index in [0.29, 0.717) is 6.54 Å². The second-order valence-electron chi connectivity index (χ2n) is 6.48. The molecule has 1 aliphatic rings. The number of rotatable bonds is 7. The smallest absolute Gasteiger partial charge is 0.236 e. The minimum atomic E-state index is 0.187. The summed E-state index contributed by atoms with van der Waals surface area (Å²) in [4.78, 5) is 16.7. The summed E-state index contributed by atoms with van der Waals surface area (Å²) in [5.74, 6) is 1.05. The minimum absolute atomic E-state index is 0.187. The van der Waals surface area contributed by atoms with E-state index in [1.807, 2.05) is 23.1 Å². The number of ether oxygens (including phenoxy) is 1. The van der Waals surface area contributed by atoms with Gasteiger partial charge in [0, 0.05) is 31.9 Å². The average molecular weight is 353 g/mol. The number of amides is 1. The van der Waals surface area contributed by atoms with E-state index in [1.165, 1.54) is 11.3 Å². The summed E-state index contributed by atoms with van der Waals surface area (Å²) in [6, 6.07) is 18.4. The molecule has 5 nitrogen and oxygen atoms in total. The van der Waals surface area contributed by atoms with Gasteiger partial charge in [-0.1, -0.05) is 30.3 Å². The molecular formula is C21H27N3O2. The van der Waals surface area contributed by atoms with E-state index in [4.69, 9.17) is 4.74 Å². The van der Waals surface area contributed by atoms with E-state index in [2.05, 4.69) is 46.6 Å². The number of carbonyl (C=O) groups excluding carboxylic acids is 1. The Hall–Kier alpha value is -2.53. The molecule has 0 aliphatic carbocycles. The van der Waals surface area contributed by atoms with Crippen molar-refractivity contribution in [3.05, 3.63) is 60.2 Å². The first-order valence-electron chi connectivity index (χ1n) is 9.17. The normalized spacial score (nSPS) is 14.3. The molecule has 3 rings (SSSR count). The summed E-state index contributed by atoms with van der Waals surface area (Å²) in [7, 11) is 1.67. The van der Waals surface area contributed by atoms with Crippen LogP contribution in [0.3, 0.4) is 0 Å². The summed E-state index contributed by atoms with van der Waals surface area (Å²) in [5.41, 5.74) is 2.47. The summed E-state index contributed by atoms with van der Waals surface area (Å²) in [6.45, 7) is 4.55. The van der Waals surface area contributed by atoms with Crippen LogP contribution in [0.15, 0.2) is 54.6 Å². The van der Waals surface area contributed by atoms with Gasteiger partial charge in [0.15, 0.2) is 0 Å². The molecule has 0 unspecified atom stereocenters. The molecule has 0 bridgehead atoms. The van der Waals surface area contributed by atoms with Crippen LogP contribution in [0.1, 0.15) is 5.56 Å². The lowest BCUT2D eigenvalue weighted by atomic mass is 10.1. The Morgan fingerprint density at radius 3 is 2.35 bits per heavy atom. The second kappa shape index (κ2) is 9.25. The molecule has 1 N–H and O–H groups in total. The number of hydrogen-bond donors (Lipinski definition) is 1. The molecule has 5 heteroatoms. The Labute approximate surface area is 155 Å². The predicted molar refractivity (Wildman–Crippen MR) is 105 cm³/mol. The third-order valence-corrected chi connectivity index (χ3v) is 4.78. The quantitative estimate of drug-likeness (QED) is 0.775. The van der Waals surface area contributed by atoms with Crippen LogP contribution in [0.5, 0.6) is 5.75 Å². The number of anilines is 1. The Balaban J connectivity index is 1.35. The van der Waals surface area contributed by atoms with Gasteiger partial charge < -0.3 is 19.9 Å². The number of nitrogens with one attached hydrogen (secondary N) is 1. The first kappa shape index (κ1) is 18.3. The van der Waals surface area contributed by atoms with Crippen LogP contribution in [0.2, 0.25) is 0 Å². The van der Waals surface area contributed by atoms with Gasteiger partial charge in [0.1, 0.15) is 5.75 Å². The Kier molecular flexibility index (Phi) is 6.50. The van der Waals surface area contributed by atoms with E-state index >= 15 is 0 Å². The van der Waals surface area contributed by atoms with Crippen molar-refractivity contribution in [2.45, 2.75) is 6.42 Å². The van der Waals surface area contributed by atoms with Crippen LogP contribution in [0.4, 0.5) is 5.69 Å². The van der Waals surface area contributed by atoms with Crippen LogP contribution in [0.25, 0.3) is 0 Å².